The van der Waals surface area contributed by atoms with Crippen LogP contribution >= 0.6 is 0 Å². The lowest BCUT2D eigenvalue weighted by Crippen LogP contribution is -2.30. The van der Waals surface area contributed by atoms with Gasteiger partial charge in [0.2, 0.25) is 5.91 Å². The molecule has 22 heavy (non-hydrogen) atoms. The Hall–Kier alpha value is -2.37. The molecule has 0 aliphatic carbocycles. The number of ether oxygens (including phenoxy) is 2. The Morgan fingerprint density at radius 1 is 1.27 bits per heavy atom. The predicted molar refractivity (Wildman–Crippen MR) is 78.4 cm³/mol. The van der Waals surface area contributed by atoms with Gasteiger partial charge in [0.15, 0.2) is 5.78 Å². The number of rotatable bonds is 5. The smallest absolute Gasteiger partial charge is 0.318 e. The summed E-state index contributed by atoms with van der Waals surface area (Å²) in [7, 11) is 2.82. The van der Waals surface area contributed by atoms with Crippen molar-refractivity contribution in [2.45, 2.75) is 12.8 Å². The normalized spacial score (nSPS) is 17.5. The molecule has 1 aliphatic heterocycles. The van der Waals surface area contributed by atoms with E-state index >= 15 is 0 Å². The number of para-hydroxylation sites is 1. The molecular formula is C16H19NO5. The molecule has 1 amide bonds. The van der Waals surface area contributed by atoms with E-state index in [1.807, 2.05) is 24.3 Å². The van der Waals surface area contributed by atoms with Crippen molar-refractivity contribution < 1.29 is 23.9 Å². The summed E-state index contributed by atoms with van der Waals surface area (Å²) in [5, 5.41) is 0. The van der Waals surface area contributed by atoms with Crippen LogP contribution in [0.3, 0.4) is 0 Å². The number of methoxy groups -OCH3 is 2. The van der Waals surface area contributed by atoms with E-state index in [0.29, 0.717) is 6.42 Å². The Morgan fingerprint density at radius 3 is 2.68 bits per heavy atom. The molecule has 1 heterocycles. The minimum atomic E-state index is -0.847. The van der Waals surface area contributed by atoms with Gasteiger partial charge in [-0.15, -0.1) is 0 Å². The number of amides is 1. The van der Waals surface area contributed by atoms with Crippen LogP contribution in [0, 0.1) is 5.92 Å². The van der Waals surface area contributed by atoms with Gasteiger partial charge in [-0.2, -0.15) is 0 Å². The molecule has 1 fully saturated rings. The van der Waals surface area contributed by atoms with Crippen LogP contribution in [-0.4, -0.2) is 49.9 Å². The summed E-state index contributed by atoms with van der Waals surface area (Å²) in [5.74, 6) is -1.10. The fourth-order valence-electron chi connectivity index (χ4n) is 2.53. The van der Waals surface area contributed by atoms with Crippen LogP contribution in [0.5, 0.6) is 5.75 Å². The van der Waals surface area contributed by atoms with Gasteiger partial charge in [0, 0.05) is 13.0 Å². The van der Waals surface area contributed by atoms with Crippen molar-refractivity contribution in [1.82, 2.24) is 4.90 Å². The van der Waals surface area contributed by atoms with E-state index < -0.39 is 11.9 Å². The Labute approximate surface area is 129 Å². The van der Waals surface area contributed by atoms with Crippen LogP contribution < -0.4 is 4.74 Å². The number of hydrogen-bond acceptors (Lipinski definition) is 5. The van der Waals surface area contributed by atoms with E-state index in [-0.39, 0.29) is 31.2 Å². The van der Waals surface area contributed by atoms with Gasteiger partial charge in [0.05, 0.1) is 20.8 Å². The summed E-state index contributed by atoms with van der Waals surface area (Å²) in [6.07, 6.45) is 0.790. The van der Waals surface area contributed by atoms with Gasteiger partial charge >= 0.3 is 5.97 Å². The average molecular weight is 305 g/mol. The minimum Gasteiger partial charge on any atom is -0.496 e. The monoisotopic (exact) mass is 305 g/mol. The molecule has 1 aliphatic rings. The number of esters is 1. The first-order valence-corrected chi connectivity index (χ1v) is 7.07. The standard InChI is InChI=1S/C16H19NO5/c1-21-14-6-4-3-5-11(14)7-8-15(19)17-9-12(13(18)10-17)16(20)22-2/h3-6,12H,7-10H2,1-2H3. The van der Waals surface area contributed by atoms with Crippen molar-refractivity contribution in [3.05, 3.63) is 29.8 Å². The zero-order valence-corrected chi connectivity index (χ0v) is 12.7. The summed E-state index contributed by atoms with van der Waals surface area (Å²) in [5.41, 5.74) is 0.938. The van der Waals surface area contributed by atoms with Crippen molar-refractivity contribution in [3.8, 4) is 5.75 Å². The van der Waals surface area contributed by atoms with Crippen molar-refractivity contribution in [1.29, 1.82) is 0 Å². The number of nitrogens with zero attached hydrogens (tertiary/aromatic N) is 1. The topological polar surface area (TPSA) is 72.9 Å². The summed E-state index contributed by atoms with van der Waals surface area (Å²) in [6, 6.07) is 7.49. The number of hydrogen-bond donors (Lipinski definition) is 0. The Bertz CT molecular complexity index is 584. The lowest BCUT2D eigenvalue weighted by atomic mass is 10.1. The molecule has 1 atom stereocenters. The highest BCUT2D eigenvalue weighted by Crippen LogP contribution is 2.20. The van der Waals surface area contributed by atoms with E-state index in [1.165, 1.54) is 12.0 Å². The predicted octanol–water partition coefficient (Wildman–Crippen LogP) is 0.828. The molecule has 6 nitrogen and oxygen atoms in total. The molecule has 6 heteroatoms. The van der Waals surface area contributed by atoms with Gasteiger partial charge in [-0.3, -0.25) is 14.4 Å². The molecule has 1 aromatic carbocycles. The van der Waals surface area contributed by atoms with E-state index in [1.54, 1.807) is 7.11 Å². The first-order chi connectivity index (χ1) is 10.6. The number of aryl methyl sites for hydroxylation is 1. The molecule has 1 aromatic rings. The van der Waals surface area contributed by atoms with Crippen LogP contribution in [0.4, 0.5) is 0 Å². The molecule has 0 aromatic heterocycles. The number of carbonyl (C=O) groups excluding carboxylic acids is 3. The maximum atomic E-state index is 12.2. The van der Waals surface area contributed by atoms with Gasteiger partial charge in [0.25, 0.3) is 0 Å². The van der Waals surface area contributed by atoms with Gasteiger partial charge < -0.3 is 14.4 Å². The fourth-order valence-corrected chi connectivity index (χ4v) is 2.53. The van der Waals surface area contributed by atoms with Gasteiger partial charge in [-0.05, 0) is 18.1 Å². The second-order valence-electron chi connectivity index (χ2n) is 5.13. The summed E-state index contributed by atoms with van der Waals surface area (Å²) in [4.78, 5) is 36.8. The Kier molecular flexibility index (Phi) is 5.14. The molecule has 1 unspecified atom stereocenters. The van der Waals surface area contributed by atoms with Crippen molar-refractivity contribution in [2.24, 2.45) is 5.92 Å². The third-order valence-electron chi connectivity index (χ3n) is 3.78. The quantitative estimate of drug-likeness (QED) is 0.595. The van der Waals surface area contributed by atoms with Crippen molar-refractivity contribution >= 4 is 17.7 Å². The van der Waals surface area contributed by atoms with Gasteiger partial charge in [0.1, 0.15) is 11.7 Å². The number of ketones is 1. The highest BCUT2D eigenvalue weighted by molar-refractivity contribution is 6.03. The van der Waals surface area contributed by atoms with Crippen LogP contribution in [0.15, 0.2) is 24.3 Å². The fraction of sp³-hybridized carbons (Fsp3) is 0.438. The number of benzene rings is 1. The maximum absolute atomic E-state index is 12.2. The highest BCUT2D eigenvalue weighted by Gasteiger charge is 2.38. The summed E-state index contributed by atoms with van der Waals surface area (Å²) >= 11 is 0. The lowest BCUT2D eigenvalue weighted by molar-refractivity contribution is -0.147. The van der Waals surface area contributed by atoms with Crippen LogP contribution in [0.25, 0.3) is 0 Å². The second kappa shape index (κ2) is 7.06. The molecule has 2 rings (SSSR count). The molecule has 0 spiro atoms. The minimum absolute atomic E-state index is 0.0233. The lowest BCUT2D eigenvalue weighted by Gasteiger charge is -2.15. The number of Topliss-reactive ketones (excluding diaryl/α,β-unsaturated/α-hetero) is 1. The highest BCUT2D eigenvalue weighted by atomic mass is 16.5. The van der Waals surface area contributed by atoms with Crippen molar-refractivity contribution in [3.63, 3.8) is 0 Å². The van der Waals surface area contributed by atoms with Crippen LogP contribution in [0.1, 0.15) is 12.0 Å². The molecule has 118 valence electrons. The molecule has 0 radical (unpaired) electrons. The first kappa shape index (κ1) is 16.0. The first-order valence-electron chi connectivity index (χ1n) is 7.07. The average Bonchev–Trinajstić information content (AvgIpc) is 2.94. The zero-order chi connectivity index (χ0) is 16.1. The summed E-state index contributed by atoms with van der Waals surface area (Å²) < 4.78 is 9.82. The van der Waals surface area contributed by atoms with E-state index in [9.17, 15) is 14.4 Å². The van der Waals surface area contributed by atoms with Crippen molar-refractivity contribution in [2.75, 3.05) is 27.3 Å². The largest absolute Gasteiger partial charge is 0.496 e. The molecule has 0 N–H and O–H groups in total. The molecule has 0 bridgehead atoms. The van der Waals surface area contributed by atoms with Gasteiger partial charge in [-0.1, -0.05) is 18.2 Å². The maximum Gasteiger partial charge on any atom is 0.318 e. The third kappa shape index (κ3) is 3.44. The Balaban J connectivity index is 1.93. The number of likely N-dealkylation sites (tertiary alicyclic amines) is 1. The van der Waals surface area contributed by atoms with Crippen LogP contribution in [-0.2, 0) is 25.5 Å². The van der Waals surface area contributed by atoms with E-state index in [4.69, 9.17) is 4.74 Å². The van der Waals surface area contributed by atoms with E-state index in [2.05, 4.69) is 4.74 Å². The number of carbonyl (C=O) groups is 3. The van der Waals surface area contributed by atoms with Crippen LogP contribution in [0.2, 0.25) is 0 Å². The SMILES string of the molecule is COC(=O)C1CN(C(=O)CCc2ccccc2OC)CC1=O. The zero-order valence-electron chi connectivity index (χ0n) is 12.7. The van der Waals surface area contributed by atoms with E-state index in [0.717, 1.165) is 11.3 Å². The molecule has 0 saturated carbocycles. The molecule has 1 saturated heterocycles. The second-order valence-corrected chi connectivity index (χ2v) is 5.13. The third-order valence-corrected chi connectivity index (χ3v) is 3.78. The Morgan fingerprint density at radius 2 is 2.00 bits per heavy atom. The van der Waals surface area contributed by atoms with Gasteiger partial charge in [-0.25, -0.2) is 0 Å². The molecular weight excluding hydrogens is 286 g/mol. The summed E-state index contributed by atoms with van der Waals surface area (Å²) in [6.45, 7) is 0.0841.